The number of hydrogen-bond acceptors (Lipinski definition) is 6. The Morgan fingerprint density at radius 2 is 2.03 bits per heavy atom. The summed E-state index contributed by atoms with van der Waals surface area (Å²) >= 11 is 0. The van der Waals surface area contributed by atoms with Crippen LogP contribution in [-0.4, -0.2) is 56.7 Å². The normalized spacial score (nSPS) is 23.5. The Morgan fingerprint density at radius 1 is 1.21 bits per heavy atom. The van der Waals surface area contributed by atoms with Gasteiger partial charge in [-0.15, -0.1) is 0 Å². The van der Waals surface area contributed by atoms with Crippen molar-refractivity contribution < 1.29 is 23.1 Å². The van der Waals surface area contributed by atoms with E-state index in [1.54, 1.807) is 30.3 Å². The zero-order valence-electron chi connectivity index (χ0n) is 19.3. The molecule has 3 atom stereocenters. The van der Waals surface area contributed by atoms with Crippen LogP contribution >= 0.6 is 0 Å². The van der Waals surface area contributed by atoms with Crippen molar-refractivity contribution >= 4 is 27.4 Å². The largest absolute Gasteiger partial charge is 0.492 e. The van der Waals surface area contributed by atoms with Crippen LogP contribution in [0.1, 0.15) is 54.4 Å². The summed E-state index contributed by atoms with van der Waals surface area (Å²) in [6.07, 6.45) is 4.28. The quantitative estimate of drug-likeness (QED) is 0.493. The molecule has 1 saturated carbocycles. The van der Waals surface area contributed by atoms with Gasteiger partial charge < -0.3 is 20.1 Å². The van der Waals surface area contributed by atoms with Gasteiger partial charge in [-0.25, -0.2) is 13.2 Å². The number of carbonyl (C=O) groups is 1. The molecule has 0 bridgehead atoms. The average molecular weight is 486 g/mol. The second-order valence-corrected chi connectivity index (χ2v) is 11.0. The Bertz CT molecular complexity index is 1200. The highest BCUT2D eigenvalue weighted by Crippen LogP contribution is 2.55. The van der Waals surface area contributed by atoms with Gasteiger partial charge in [-0.05, 0) is 68.5 Å². The SMILES string of the molecule is CCN1CCC[C@@H]1CCNc1ccccc1S(=O)(=O)Nc1ccc2c(c1C(=O)O)OCC1CC21. The lowest BCUT2D eigenvalue weighted by atomic mass is 10.0. The van der Waals surface area contributed by atoms with E-state index in [2.05, 4.69) is 21.9 Å². The second kappa shape index (κ2) is 9.11. The molecule has 3 N–H and O–H groups in total. The van der Waals surface area contributed by atoms with Crippen molar-refractivity contribution in [2.75, 3.05) is 36.3 Å². The van der Waals surface area contributed by atoms with Crippen LogP contribution in [-0.2, 0) is 10.0 Å². The monoisotopic (exact) mass is 485 g/mol. The molecule has 2 heterocycles. The topological polar surface area (TPSA) is 108 Å². The van der Waals surface area contributed by atoms with Crippen molar-refractivity contribution in [1.82, 2.24) is 4.90 Å². The van der Waals surface area contributed by atoms with Gasteiger partial charge in [0.25, 0.3) is 10.0 Å². The van der Waals surface area contributed by atoms with E-state index in [1.165, 1.54) is 12.5 Å². The maximum absolute atomic E-state index is 13.4. The molecule has 2 fully saturated rings. The van der Waals surface area contributed by atoms with E-state index < -0.39 is 16.0 Å². The Morgan fingerprint density at radius 3 is 2.82 bits per heavy atom. The highest BCUT2D eigenvalue weighted by molar-refractivity contribution is 7.92. The summed E-state index contributed by atoms with van der Waals surface area (Å²) in [5.74, 6) is -0.184. The first-order valence-electron chi connectivity index (χ1n) is 12.0. The van der Waals surface area contributed by atoms with Gasteiger partial charge in [0.15, 0.2) is 0 Å². The Balaban J connectivity index is 1.36. The van der Waals surface area contributed by atoms with Crippen LogP contribution in [0.3, 0.4) is 0 Å². The van der Waals surface area contributed by atoms with Crippen LogP contribution in [0.15, 0.2) is 41.3 Å². The van der Waals surface area contributed by atoms with Crippen molar-refractivity contribution in [2.45, 2.75) is 49.5 Å². The molecule has 0 amide bonds. The van der Waals surface area contributed by atoms with E-state index in [-0.39, 0.29) is 21.9 Å². The summed E-state index contributed by atoms with van der Waals surface area (Å²) in [7, 11) is -4.04. The number of carboxylic acids is 1. The first kappa shape index (κ1) is 23.0. The summed E-state index contributed by atoms with van der Waals surface area (Å²) in [6.45, 7) is 5.44. The molecule has 0 aromatic heterocycles. The number of carboxylic acid groups (broad SMARTS) is 1. The van der Waals surface area contributed by atoms with Gasteiger partial charge >= 0.3 is 5.97 Å². The summed E-state index contributed by atoms with van der Waals surface area (Å²) in [5, 5.41) is 13.2. The number of para-hydroxylation sites is 1. The van der Waals surface area contributed by atoms with Crippen LogP contribution in [0.5, 0.6) is 5.75 Å². The molecule has 1 aliphatic carbocycles. The van der Waals surface area contributed by atoms with Gasteiger partial charge in [0, 0.05) is 18.5 Å². The number of likely N-dealkylation sites (tertiary alicyclic amines) is 1. The van der Waals surface area contributed by atoms with E-state index in [0.29, 0.717) is 36.7 Å². The standard InChI is InChI=1S/C25H31N3O5S/c1-2-28-13-5-6-17(28)11-12-26-20-7-3-4-8-22(20)34(31,32)27-21-10-9-18-19-14-16(19)15-33-24(18)23(21)25(29)30/h3-4,7-10,16-17,19,26-27H,2,5-6,11-15H2,1H3,(H,29,30)/t16?,17-,19?/m1/s1. The maximum Gasteiger partial charge on any atom is 0.341 e. The molecule has 2 unspecified atom stereocenters. The first-order valence-corrected chi connectivity index (χ1v) is 13.5. The minimum absolute atomic E-state index is 0.0182. The number of sulfonamides is 1. The molecule has 1 saturated heterocycles. The molecule has 9 heteroatoms. The molecule has 2 aliphatic heterocycles. The number of ether oxygens (including phenoxy) is 1. The predicted octanol–water partition coefficient (Wildman–Crippen LogP) is 3.97. The minimum Gasteiger partial charge on any atom is -0.492 e. The Labute approximate surface area is 200 Å². The van der Waals surface area contributed by atoms with Gasteiger partial charge in [-0.2, -0.15) is 0 Å². The third-order valence-electron chi connectivity index (χ3n) is 7.28. The number of aromatic carboxylic acids is 1. The number of fused-ring (bicyclic) bond motifs is 3. The lowest BCUT2D eigenvalue weighted by molar-refractivity contribution is 0.0692. The van der Waals surface area contributed by atoms with Gasteiger partial charge in [0.2, 0.25) is 0 Å². The van der Waals surface area contributed by atoms with Crippen molar-refractivity contribution in [1.29, 1.82) is 0 Å². The van der Waals surface area contributed by atoms with Crippen LogP contribution in [0, 0.1) is 5.92 Å². The molecule has 34 heavy (non-hydrogen) atoms. The van der Waals surface area contributed by atoms with Crippen molar-refractivity contribution in [2.24, 2.45) is 5.92 Å². The summed E-state index contributed by atoms with van der Waals surface area (Å²) in [5.41, 5.74) is 1.25. The second-order valence-electron chi connectivity index (χ2n) is 9.37. The Kier molecular flexibility index (Phi) is 6.16. The third-order valence-corrected chi connectivity index (χ3v) is 8.71. The molecular formula is C25H31N3O5S. The molecule has 8 nitrogen and oxygen atoms in total. The summed E-state index contributed by atoms with van der Waals surface area (Å²) in [6, 6.07) is 10.6. The zero-order chi connectivity index (χ0) is 23.9. The van der Waals surface area contributed by atoms with E-state index in [0.717, 1.165) is 37.9 Å². The Hall–Kier alpha value is -2.78. The molecule has 0 spiro atoms. The highest BCUT2D eigenvalue weighted by atomic mass is 32.2. The fraction of sp³-hybridized carbons (Fsp3) is 0.480. The molecular weight excluding hydrogens is 454 g/mol. The third kappa shape index (κ3) is 4.34. The number of rotatable bonds is 9. The molecule has 5 rings (SSSR count). The van der Waals surface area contributed by atoms with E-state index in [9.17, 15) is 18.3 Å². The number of anilines is 2. The molecule has 2 aromatic carbocycles. The van der Waals surface area contributed by atoms with Crippen LogP contribution in [0.25, 0.3) is 0 Å². The van der Waals surface area contributed by atoms with Crippen LogP contribution in [0.2, 0.25) is 0 Å². The summed E-state index contributed by atoms with van der Waals surface area (Å²) in [4.78, 5) is 14.6. The number of nitrogens with zero attached hydrogens (tertiary/aromatic N) is 1. The fourth-order valence-electron chi connectivity index (χ4n) is 5.41. The smallest absolute Gasteiger partial charge is 0.341 e. The highest BCUT2D eigenvalue weighted by Gasteiger charge is 2.45. The van der Waals surface area contributed by atoms with Crippen molar-refractivity contribution in [3.05, 3.63) is 47.5 Å². The first-order chi connectivity index (χ1) is 16.4. The van der Waals surface area contributed by atoms with Crippen molar-refractivity contribution in [3.63, 3.8) is 0 Å². The van der Waals surface area contributed by atoms with Crippen LogP contribution in [0.4, 0.5) is 11.4 Å². The molecule has 2 aromatic rings. The molecule has 3 aliphatic rings. The van der Waals surface area contributed by atoms with E-state index in [1.807, 2.05) is 0 Å². The number of hydrogen-bond donors (Lipinski definition) is 3. The van der Waals surface area contributed by atoms with E-state index >= 15 is 0 Å². The van der Waals surface area contributed by atoms with Crippen molar-refractivity contribution in [3.8, 4) is 5.75 Å². The molecule has 0 radical (unpaired) electrons. The number of nitrogens with one attached hydrogen (secondary N) is 2. The average Bonchev–Trinajstić information content (AvgIpc) is 3.48. The van der Waals surface area contributed by atoms with Gasteiger partial charge in [-0.1, -0.05) is 25.1 Å². The fourth-order valence-corrected chi connectivity index (χ4v) is 6.66. The summed E-state index contributed by atoms with van der Waals surface area (Å²) < 4.78 is 35.0. The van der Waals surface area contributed by atoms with Gasteiger partial charge in [0.1, 0.15) is 16.2 Å². The number of benzene rings is 2. The van der Waals surface area contributed by atoms with Crippen LogP contribution < -0.4 is 14.8 Å². The lowest BCUT2D eigenvalue weighted by Gasteiger charge is -2.23. The van der Waals surface area contributed by atoms with Gasteiger partial charge in [-0.3, -0.25) is 4.72 Å². The minimum atomic E-state index is -4.04. The zero-order valence-corrected chi connectivity index (χ0v) is 20.1. The lowest BCUT2D eigenvalue weighted by Crippen LogP contribution is -2.30. The molecule has 182 valence electrons. The maximum atomic E-state index is 13.4. The van der Waals surface area contributed by atoms with Gasteiger partial charge in [0.05, 0.1) is 18.0 Å². The predicted molar refractivity (Wildman–Crippen MR) is 130 cm³/mol. The van der Waals surface area contributed by atoms with E-state index in [4.69, 9.17) is 4.74 Å².